The first-order valence-electron chi connectivity index (χ1n) is 10.3. The van der Waals surface area contributed by atoms with Gasteiger partial charge in [0.25, 0.3) is 0 Å². The first-order chi connectivity index (χ1) is 14.5. The average Bonchev–Trinajstić information content (AvgIpc) is 3.17. The molecule has 0 spiro atoms. The van der Waals surface area contributed by atoms with Gasteiger partial charge >= 0.3 is 0 Å². The quantitative estimate of drug-likeness (QED) is 0.483. The normalized spacial score (nSPS) is 11.6. The van der Waals surface area contributed by atoms with E-state index in [0.717, 1.165) is 51.0 Å². The molecule has 0 unspecified atom stereocenters. The molecule has 1 aromatic heterocycles. The van der Waals surface area contributed by atoms with Crippen molar-refractivity contribution in [3.63, 3.8) is 0 Å². The number of amides is 1. The number of aryl methyl sites for hydroxylation is 1. The van der Waals surface area contributed by atoms with Crippen molar-refractivity contribution in [1.29, 1.82) is 0 Å². The highest BCUT2D eigenvalue weighted by Gasteiger charge is 2.18. The molecule has 0 aliphatic rings. The highest BCUT2D eigenvalue weighted by atomic mass is 16.5. The number of nitrogens with one attached hydrogen (secondary N) is 1. The van der Waals surface area contributed by atoms with E-state index in [9.17, 15) is 4.79 Å². The van der Waals surface area contributed by atoms with Gasteiger partial charge in [0.15, 0.2) is 0 Å². The molecule has 0 radical (unpaired) electrons. The molecule has 3 aromatic rings. The highest BCUT2D eigenvalue weighted by Crippen LogP contribution is 2.40. The topological polar surface area (TPSA) is 60.7 Å². The van der Waals surface area contributed by atoms with E-state index in [-0.39, 0.29) is 5.91 Å². The molecule has 30 heavy (non-hydrogen) atoms. The van der Waals surface area contributed by atoms with E-state index < -0.39 is 0 Å². The van der Waals surface area contributed by atoms with Crippen LogP contribution in [0.4, 0.5) is 0 Å². The van der Waals surface area contributed by atoms with Gasteiger partial charge in [0, 0.05) is 34.7 Å². The molecule has 0 fully saturated rings. The van der Waals surface area contributed by atoms with Crippen LogP contribution in [0.15, 0.2) is 47.1 Å². The number of hydrogen-bond acceptors (Lipinski definition) is 4. The minimum absolute atomic E-state index is 0.104. The van der Waals surface area contributed by atoms with Crippen molar-refractivity contribution < 1.29 is 18.7 Å². The van der Waals surface area contributed by atoms with Gasteiger partial charge in [-0.3, -0.25) is 4.79 Å². The molecule has 0 aliphatic carbocycles. The average molecular weight is 408 g/mol. The van der Waals surface area contributed by atoms with Gasteiger partial charge in [-0.25, -0.2) is 0 Å². The summed E-state index contributed by atoms with van der Waals surface area (Å²) >= 11 is 0. The van der Waals surface area contributed by atoms with Crippen LogP contribution in [-0.4, -0.2) is 26.2 Å². The summed E-state index contributed by atoms with van der Waals surface area (Å²) in [5.74, 6) is 1.45. The van der Waals surface area contributed by atoms with E-state index in [1.165, 1.54) is 0 Å². The molecule has 158 valence electrons. The lowest BCUT2D eigenvalue weighted by atomic mass is 9.96. The van der Waals surface area contributed by atoms with Gasteiger partial charge in [0.05, 0.1) is 20.0 Å². The summed E-state index contributed by atoms with van der Waals surface area (Å²) in [6.45, 7) is 9.17. The molecule has 5 heteroatoms. The third-order valence-corrected chi connectivity index (χ3v) is 5.05. The van der Waals surface area contributed by atoms with Crippen molar-refractivity contribution in [3.05, 3.63) is 53.8 Å². The lowest BCUT2D eigenvalue weighted by molar-refractivity contribution is -0.116. The molecule has 5 nitrogen and oxygen atoms in total. The largest absolute Gasteiger partial charge is 0.496 e. The summed E-state index contributed by atoms with van der Waals surface area (Å²) < 4.78 is 17.1. The molecular formula is C25H29NO4. The second-order valence-electron chi connectivity index (χ2n) is 7.18. The second kappa shape index (κ2) is 9.53. The minimum atomic E-state index is -0.104. The number of furan rings is 1. The number of carbonyl (C=O) groups is 1. The van der Waals surface area contributed by atoms with Gasteiger partial charge in [-0.2, -0.15) is 0 Å². The Morgan fingerprint density at radius 3 is 2.57 bits per heavy atom. The number of methoxy groups -OCH3 is 1. The third-order valence-electron chi connectivity index (χ3n) is 5.05. The van der Waals surface area contributed by atoms with Crippen LogP contribution in [0.5, 0.6) is 11.5 Å². The van der Waals surface area contributed by atoms with Crippen molar-refractivity contribution in [2.24, 2.45) is 0 Å². The fraction of sp³-hybridized carbons (Fsp3) is 0.320. The van der Waals surface area contributed by atoms with Crippen molar-refractivity contribution in [3.8, 4) is 22.6 Å². The van der Waals surface area contributed by atoms with Gasteiger partial charge < -0.3 is 19.2 Å². The number of rotatable bonds is 8. The Morgan fingerprint density at radius 2 is 1.93 bits per heavy atom. The smallest absolute Gasteiger partial charge is 0.244 e. The Labute approximate surface area is 177 Å². The van der Waals surface area contributed by atoms with Crippen molar-refractivity contribution in [2.75, 3.05) is 20.3 Å². The van der Waals surface area contributed by atoms with Crippen LogP contribution < -0.4 is 14.8 Å². The van der Waals surface area contributed by atoms with E-state index >= 15 is 0 Å². The summed E-state index contributed by atoms with van der Waals surface area (Å²) in [6.07, 6.45) is 4.28. The lowest BCUT2D eigenvalue weighted by Gasteiger charge is -2.13. The predicted molar refractivity (Wildman–Crippen MR) is 121 cm³/mol. The number of hydrogen-bond donors (Lipinski definition) is 1. The maximum absolute atomic E-state index is 12.2. The first-order valence-corrected chi connectivity index (χ1v) is 10.3. The van der Waals surface area contributed by atoms with Crippen LogP contribution in [0, 0.1) is 6.92 Å². The Balaban J connectivity index is 2.09. The van der Waals surface area contributed by atoms with E-state index in [4.69, 9.17) is 13.9 Å². The van der Waals surface area contributed by atoms with Crippen LogP contribution in [-0.2, 0) is 4.79 Å². The standard InChI is InChI=1S/C25H29NO4/c1-6-12-26-23(27)13-16(3)20-14-21-22(15-30-25(21)17(4)24(20)28-5)18-8-10-19(11-9-18)29-7-2/h8-11,13-15H,6-7,12H2,1-5H3,(H,26,27)/b16-13+. The molecule has 0 aliphatic heterocycles. The van der Waals surface area contributed by atoms with Crippen LogP contribution in [0.2, 0.25) is 0 Å². The van der Waals surface area contributed by atoms with Crippen LogP contribution >= 0.6 is 0 Å². The summed E-state index contributed by atoms with van der Waals surface area (Å²) in [5, 5.41) is 3.86. The van der Waals surface area contributed by atoms with Gasteiger partial charge in [-0.15, -0.1) is 0 Å². The van der Waals surface area contributed by atoms with Gasteiger partial charge in [-0.1, -0.05) is 19.1 Å². The predicted octanol–water partition coefficient (Wildman–Crippen LogP) is 5.75. The molecular weight excluding hydrogens is 378 g/mol. The molecule has 0 saturated heterocycles. The summed E-state index contributed by atoms with van der Waals surface area (Å²) in [7, 11) is 1.64. The Morgan fingerprint density at radius 1 is 1.20 bits per heavy atom. The number of fused-ring (bicyclic) bond motifs is 1. The van der Waals surface area contributed by atoms with Gasteiger partial charge in [0.1, 0.15) is 17.1 Å². The Kier molecular flexibility index (Phi) is 6.83. The molecule has 0 bridgehead atoms. The zero-order valence-electron chi connectivity index (χ0n) is 18.3. The van der Waals surface area contributed by atoms with Crippen LogP contribution in [0.1, 0.15) is 38.3 Å². The monoisotopic (exact) mass is 407 g/mol. The van der Waals surface area contributed by atoms with E-state index in [1.807, 2.05) is 58.0 Å². The SMILES string of the molecule is CCCNC(=O)/C=C(\C)c1cc2c(-c3ccc(OCC)cc3)coc2c(C)c1OC. The summed E-state index contributed by atoms with van der Waals surface area (Å²) in [4.78, 5) is 12.2. The molecule has 1 N–H and O–H groups in total. The second-order valence-corrected chi connectivity index (χ2v) is 7.18. The van der Waals surface area contributed by atoms with Gasteiger partial charge in [-0.05, 0) is 56.5 Å². The Bertz CT molecular complexity index is 1060. The third kappa shape index (κ3) is 4.35. The lowest BCUT2D eigenvalue weighted by Crippen LogP contribution is -2.21. The van der Waals surface area contributed by atoms with Crippen LogP contribution in [0.3, 0.4) is 0 Å². The van der Waals surface area contributed by atoms with E-state index in [2.05, 4.69) is 5.32 Å². The Hall–Kier alpha value is -3.21. The zero-order chi connectivity index (χ0) is 21.7. The number of ether oxygens (including phenoxy) is 2. The maximum atomic E-state index is 12.2. The molecule has 2 aromatic carbocycles. The minimum Gasteiger partial charge on any atom is -0.496 e. The fourth-order valence-corrected chi connectivity index (χ4v) is 3.57. The molecule has 1 amide bonds. The van der Waals surface area contributed by atoms with E-state index in [1.54, 1.807) is 19.4 Å². The van der Waals surface area contributed by atoms with Crippen molar-refractivity contribution in [1.82, 2.24) is 5.32 Å². The van der Waals surface area contributed by atoms with Crippen molar-refractivity contribution >= 4 is 22.4 Å². The number of allylic oxidation sites excluding steroid dienone is 1. The molecule has 0 atom stereocenters. The van der Waals surface area contributed by atoms with Crippen molar-refractivity contribution in [2.45, 2.75) is 34.1 Å². The van der Waals surface area contributed by atoms with E-state index in [0.29, 0.717) is 18.9 Å². The molecule has 0 saturated carbocycles. The maximum Gasteiger partial charge on any atom is 0.244 e. The fourth-order valence-electron chi connectivity index (χ4n) is 3.57. The number of carbonyl (C=O) groups excluding carboxylic acids is 1. The molecule has 1 heterocycles. The zero-order valence-corrected chi connectivity index (χ0v) is 18.3. The summed E-state index contributed by atoms with van der Waals surface area (Å²) in [5.41, 5.74) is 5.43. The number of benzene rings is 2. The van der Waals surface area contributed by atoms with Gasteiger partial charge in [0.2, 0.25) is 5.91 Å². The highest BCUT2D eigenvalue weighted by molar-refractivity contribution is 6.01. The summed E-state index contributed by atoms with van der Waals surface area (Å²) in [6, 6.07) is 10.00. The first kappa shape index (κ1) is 21.5. The molecule has 3 rings (SSSR count). The van der Waals surface area contributed by atoms with Crippen LogP contribution in [0.25, 0.3) is 27.7 Å².